The highest BCUT2D eigenvalue weighted by molar-refractivity contribution is 7.80. The first-order valence-corrected chi connectivity index (χ1v) is 10.4. The van der Waals surface area contributed by atoms with Crippen LogP contribution in [0.1, 0.15) is 81.5 Å². The predicted octanol–water partition coefficient (Wildman–Crippen LogP) is 4.97. The minimum Gasteiger partial charge on any atom is -0.494 e. The Labute approximate surface area is 163 Å². The van der Waals surface area contributed by atoms with Crippen LogP contribution in [0.2, 0.25) is 0 Å². The standard InChI is InChI=1S/C21H32N2O2S/c1-2-3-4-5-9-16-25-19-14-12-17(13-15-19)20(24)23-21(26)22-18-10-7-6-8-11-18/h12-15,18H,2-11,16H2,1H3,(H2,22,23,24,26). The van der Waals surface area contributed by atoms with E-state index in [-0.39, 0.29) is 5.91 Å². The van der Waals surface area contributed by atoms with Crippen LogP contribution in [0.15, 0.2) is 24.3 Å². The Kier molecular flexibility index (Phi) is 9.46. The van der Waals surface area contributed by atoms with E-state index in [9.17, 15) is 4.79 Å². The fourth-order valence-electron chi connectivity index (χ4n) is 3.24. The smallest absolute Gasteiger partial charge is 0.257 e. The predicted molar refractivity (Wildman–Crippen MR) is 111 cm³/mol. The van der Waals surface area contributed by atoms with Crippen LogP contribution in [0.25, 0.3) is 0 Å². The Hall–Kier alpha value is -1.62. The van der Waals surface area contributed by atoms with Crippen molar-refractivity contribution in [3.63, 3.8) is 0 Å². The number of rotatable bonds is 9. The van der Waals surface area contributed by atoms with Gasteiger partial charge in [0.1, 0.15) is 5.75 Å². The molecule has 0 radical (unpaired) electrons. The summed E-state index contributed by atoms with van der Waals surface area (Å²) < 4.78 is 5.73. The molecule has 0 bridgehead atoms. The fourth-order valence-corrected chi connectivity index (χ4v) is 3.50. The Morgan fingerprint density at radius 1 is 1.08 bits per heavy atom. The van der Waals surface area contributed by atoms with E-state index in [0.717, 1.165) is 31.6 Å². The van der Waals surface area contributed by atoms with Gasteiger partial charge in [-0.25, -0.2) is 0 Å². The zero-order valence-corrected chi connectivity index (χ0v) is 16.7. The monoisotopic (exact) mass is 376 g/mol. The van der Waals surface area contributed by atoms with Crippen molar-refractivity contribution in [2.75, 3.05) is 6.61 Å². The number of benzene rings is 1. The van der Waals surface area contributed by atoms with E-state index >= 15 is 0 Å². The van der Waals surface area contributed by atoms with Crippen LogP contribution in [-0.4, -0.2) is 23.7 Å². The zero-order chi connectivity index (χ0) is 18.6. The molecule has 1 aromatic carbocycles. The number of carbonyl (C=O) groups excluding carboxylic acids is 1. The van der Waals surface area contributed by atoms with Crippen LogP contribution in [0, 0.1) is 0 Å². The van der Waals surface area contributed by atoms with Crippen molar-refractivity contribution in [3.05, 3.63) is 29.8 Å². The molecule has 0 unspecified atom stereocenters. The van der Waals surface area contributed by atoms with Gasteiger partial charge in [-0.1, -0.05) is 51.9 Å². The Morgan fingerprint density at radius 3 is 2.46 bits per heavy atom. The van der Waals surface area contributed by atoms with Gasteiger partial charge in [0.05, 0.1) is 6.61 Å². The molecule has 1 aromatic rings. The molecule has 1 saturated carbocycles. The normalized spacial score (nSPS) is 14.7. The summed E-state index contributed by atoms with van der Waals surface area (Å²) in [4.78, 5) is 12.3. The average molecular weight is 377 g/mol. The van der Waals surface area contributed by atoms with Gasteiger partial charge in [0, 0.05) is 11.6 Å². The van der Waals surface area contributed by atoms with Crippen molar-refractivity contribution in [2.45, 2.75) is 77.2 Å². The van der Waals surface area contributed by atoms with Crippen LogP contribution < -0.4 is 15.4 Å². The summed E-state index contributed by atoms with van der Waals surface area (Å²) in [6, 6.07) is 7.65. The molecule has 0 aromatic heterocycles. The van der Waals surface area contributed by atoms with Crippen molar-refractivity contribution in [3.8, 4) is 5.75 Å². The Balaban J connectivity index is 1.69. The number of unbranched alkanes of at least 4 members (excludes halogenated alkanes) is 4. The molecular weight excluding hydrogens is 344 g/mol. The van der Waals surface area contributed by atoms with Gasteiger partial charge in [0.2, 0.25) is 0 Å². The third-order valence-corrected chi connectivity index (χ3v) is 5.02. The molecule has 1 aliphatic carbocycles. The van der Waals surface area contributed by atoms with Crippen LogP contribution in [0.3, 0.4) is 0 Å². The second-order valence-electron chi connectivity index (χ2n) is 7.05. The topological polar surface area (TPSA) is 50.4 Å². The molecule has 0 spiro atoms. The summed E-state index contributed by atoms with van der Waals surface area (Å²) in [5, 5.41) is 6.46. The molecule has 0 atom stereocenters. The first-order chi connectivity index (χ1) is 12.7. The fraction of sp³-hybridized carbons (Fsp3) is 0.619. The number of nitrogens with one attached hydrogen (secondary N) is 2. The van der Waals surface area contributed by atoms with E-state index in [1.54, 1.807) is 12.1 Å². The number of amides is 1. The molecule has 0 aliphatic heterocycles. The van der Waals surface area contributed by atoms with E-state index in [1.807, 2.05) is 12.1 Å². The summed E-state index contributed by atoms with van der Waals surface area (Å²) >= 11 is 5.27. The van der Waals surface area contributed by atoms with Crippen molar-refractivity contribution < 1.29 is 9.53 Å². The van der Waals surface area contributed by atoms with E-state index in [2.05, 4.69) is 17.6 Å². The number of thiocarbonyl (C=S) groups is 1. The second kappa shape index (κ2) is 11.9. The van der Waals surface area contributed by atoms with Gasteiger partial charge in [-0.3, -0.25) is 10.1 Å². The van der Waals surface area contributed by atoms with Crippen molar-refractivity contribution in [1.29, 1.82) is 0 Å². The van der Waals surface area contributed by atoms with Gasteiger partial charge in [-0.05, 0) is 55.7 Å². The lowest BCUT2D eigenvalue weighted by Crippen LogP contribution is -2.44. The highest BCUT2D eigenvalue weighted by Crippen LogP contribution is 2.17. The molecular formula is C21H32N2O2S. The van der Waals surface area contributed by atoms with Crippen molar-refractivity contribution in [2.24, 2.45) is 0 Å². The van der Waals surface area contributed by atoms with Gasteiger partial charge in [-0.15, -0.1) is 0 Å². The first-order valence-electron chi connectivity index (χ1n) is 10.0. The second-order valence-corrected chi connectivity index (χ2v) is 7.46. The lowest BCUT2D eigenvalue weighted by Gasteiger charge is -2.24. The molecule has 1 fully saturated rings. The van der Waals surface area contributed by atoms with Gasteiger partial charge in [-0.2, -0.15) is 0 Å². The molecule has 2 N–H and O–H groups in total. The lowest BCUT2D eigenvalue weighted by atomic mass is 9.96. The average Bonchev–Trinajstić information content (AvgIpc) is 2.65. The van der Waals surface area contributed by atoms with E-state index < -0.39 is 0 Å². The Morgan fingerprint density at radius 2 is 1.77 bits per heavy atom. The van der Waals surface area contributed by atoms with Crippen LogP contribution >= 0.6 is 12.2 Å². The maximum absolute atomic E-state index is 12.3. The molecule has 4 nitrogen and oxygen atoms in total. The van der Waals surface area contributed by atoms with Gasteiger partial charge in [0.25, 0.3) is 5.91 Å². The number of hydrogen-bond donors (Lipinski definition) is 2. The number of ether oxygens (including phenoxy) is 1. The molecule has 0 heterocycles. The summed E-state index contributed by atoms with van der Waals surface area (Å²) in [6.07, 6.45) is 12.1. The first kappa shape index (κ1) is 20.7. The molecule has 5 heteroatoms. The number of hydrogen-bond acceptors (Lipinski definition) is 3. The third-order valence-electron chi connectivity index (χ3n) is 4.80. The Bertz CT molecular complexity index is 554. The van der Waals surface area contributed by atoms with E-state index in [1.165, 1.54) is 44.9 Å². The summed E-state index contributed by atoms with van der Waals surface area (Å²) in [7, 11) is 0. The molecule has 0 saturated heterocycles. The minimum atomic E-state index is -0.176. The van der Waals surface area contributed by atoms with Gasteiger partial charge in [0.15, 0.2) is 5.11 Å². The summed E-state index contributed by atoms with van der Waals surface area (Å²) in [5.74, 6) is 0.629. The SMILES string of the molecule is CCCCCCCOc1ccc(C(=O)NC(=S)NC2CCCCC2)cc1. The number of carbonyl (C=O) groups is 1. The zero-order valence-electron chi connectivity index (χ0n) is 15.9. The van der Waals surface area contributed by atoms with E-state index in [4.69, 9.17) is 17.0 Å². The minimum absolute atomic E-state index is 0.176. The van der Waals surface area contributed by atoms with Gasteiger partial charge < -0.3 is 10.1 Å². The largest absolute Gasteiger partial charge is 0.494 e. The molecule has 26 heavy (non-hydrogen) atoms. The lowest BCUT2D eigenvalue weighted by molar-refractivity contribution is 0.0976. The highest BCUT2D eigenvalue weighted by atomic mass is 32.1. The third kappa shape index (κ3) is 7.73. The summed E-state index contributed by atoms with van der Waals surface area (Å²) in [5.41, 5.74) is 0.591. The van der Waals surface area contributed by atoms with Gasteiger partial charge >= 0.3 is 0 Å². The molecule has 2 rings (SSSR count). The van der Waals surface area contributed by atoms with Crippen molar-refractivity contribution >= 4 is 23.2 Å². The van der Waals surface area contributed by atoms with Crippen LogP contribution in [-0.2, 0) is 0 Å². The maximum Gasteiger partial charge on any atom is 0.257 e. The van der Waals surface area contributed by atoms with E-state index in [0.29, 0.717) is 16.7 Å². The molecule has 1 aliphatic rings. The highest BCUT2D eigenvalue weighted by Gasteiger charge is 2.15. The maximum atomic E-state index is 12.3. The van der Waals surface area contributed by atoms with Crippen molar-refractivity contribution in [1.82, 2.24) is 10.6 Å². The summed E-state index contributed by atoms with van der Waals surface area (Å²) in [6.45, 7) is 2.94. The quantitative estimate of drug-likeness (QED) is 0.472. The van der Waals surface area contributed by atoms with Crippen LogP contribution in [0.5, 0.6) is 5.75 Å². The van der Waals surface area contributed by atoms with Crippen LogP contribution in [0.4, 0.5) is 0 Å². The molecule has 144 valence electrons. The molecule has 1 amide bonds.